The van der Waals surface area contributed by atoms with Crippen LogP contribution in [0, 0.1) is 5.92 Å². The molecule has 2 atom stereocenters. The first kappa shape index (κ1) is 27.5. The van der Waals surface area contributed by atoms with Crippen LogP contribution in [0.5, 0.6) is 17.2 Å². The molecule has 1 amide bonds. The zero-order chi connectivity index (χ0) is 26.3. The molecule has 0 spiro atoms. The monoisotopic (exact) mass is 523 g/mol. The molecule has 0 aromatic heterocycles. The summed E-state index contributed by atoms with van der Waals surface area (Å²) in [6.07, 6.45) is -2.50. The van der Waals surface area contributed by atoms with Crippen molar-refractivity contribution in [3.8, 4) is 17.2 Å². The fourth-order valence-corrected chi connectivity index (χ4v) is 5.43. The largest absolute Gasteiger partial charge is 0.492 e. The van der Waals surface area contributed by atoms with E-state index in [4.69, 9.17) is 19.9 Å². The summed E-state index contributed by atoms with van der Waals surface area (Å²) in [6, 6.07) is 10.3. The summed E-state index contributed by atoms with van der Waals surface area (Å²) in [5.74, 6) is 1.35. The second kappa shape index (κ2) is 12.3. The summed E-state index contributed by atoms with van der Waals surface area (Å²) >= 11 is 0. The molecule has 198 valence electrons. The first-order valence-corrected chi connectivity index (χ1v) is 13.0. The molecule has 36 heavy (non-hydrogen) atoms. The number of nitrogens with one attached hydrogen (secondary N) is 1. The van der Waals surface area contributed by atoms with Crippen LogP contribution in [0.25, 0.3) is 0 Å². The Morgan fingerprint density at radius 3 is 2.47 bits per heavy atom. The van der Waals surface area contributed by atoms with Crippen molar-refractivity contribution in [1.29, 1.82) is 0 Å². The van der Waals surface area contributed by atoms with Crippen LogP contribution in [0.15, 0.2) is 47.4 Å². The molecule has 1 heterocycles. The smallest absolute Gasteiger partial charge is 0.404 e. The van der Waals surface area contributed by atoms with Crippen LogP contribution < -0.4 is 25.3 Å². The van der Waals surface area contributed by atoms with E-state index >= 15 is 0 Å². The first-order valence-electron chi connectivity index (χ1n) is 11.6. The van der Waals surface area contributed by atoms with Crippen molar-refractivity contribution >= 4 is 16.1 Å². The molecular formula is C24H33N3O8S. The Balaban J connectivity index is 1.79. The van der Waals surface area contributed by atoms with Crippen LogP contribution in [0.1, 0.15) is 19.4 Å². The third-order valence-corrected chi connectivity index (χ3v) is 7.31. The molecule has 11 nitrogen and oxygen atoms in total. The number of hydrogen-bond donors (Lipinski definition) is 4. The lowest BCUT2D eigenvalue weighted by Gasteiger charge is -2.30. The van der Waals surface area contributed by atoms with Crippen molar-refractivity contribution in [3.05, 3.63) is 48.0 Å². The molecule has 0 unspecified atom stereocenters. The lowest BCUT2D eigenvalue weighted by molar-refractivity contribution is 0.0980. The molecule has 3 rings (SSSR count). The van der Waals surface area contributed by atoms with E-state index in [1.165, 1.54) is 22.5 Å². The van der Waals surface area contributed by atoms with Crippen LogP contribution >= 0.6 is 0 Å². The Labute approximate surface area is 210 Å². The van der Waals surface area contributed by atoms with Gasteiger partial charge < -0.3 is 35.5 Å². The number of aliphatic hydroxyl groups excluding tert-OH is 1. The third kappa shape index (κ3) is 7.23. The minimum Gasteiger partial charge on any atom is -0.492 e. The summed E-state index contributed by atoms with van der Waals surface area (Å²) in [6.45, 7) is 4.28. The van der Waals surface area contributed by atoms with E-state index < -0.39 is 28.3 Å². The van der Waals surface area contributed by atoms with Gasteiger partial charge in [-0.15, -0.1) is 0 Å². The number of rotatable bonds is 13. The molecule has 1 aliphatic heterocycles. The van der Waals surface area contributed by atoms with Crippen LogP contribution in [-0.4, -0.2) is 74.2 Å². The number of nitrogens with zero attached hydrogens (tertiary/aromatic N) is 1. The standard InChI is InChI=1S/C24H33N3O8S/c1-16(2)13-27(36(31,32)19-7-8-22-23(12-19)35-15-34-22)14-21(28)20(26-24(29)30)11-17-3-5-18(6-4-17)33-10-9-25/h3-8,12,16,20-21,26,28H,9-11,13-15,25H2,1-2H3,(H,29,30)/t20-,21+/m0/s1. The number of fused-ring (bicyclic) bond motifs is 1. The van der Waals surface area contributed by atoms with E-state index in [-0.39, 0.29) is 37.1 Å². The van der Waals surface area contributed by atoms with E-state index in [0.717, 1.165) is 5.56 Å². The molecule has 2 aromatic rings. The van der Waals surface area contributed by atoms with Gasteiger partial charge in [0.05, 0.1) is 17.0 Å². The van der Waals surface area contributed by atoms with Crippen molar-refractivity contribution in [3.63, 3.8) is 0 Å². The number of carbonyl (C=O) groups is 1. The molecule has 5 N–H and O–H groups in total. The number of ether oxygens (including phenoxy) is 3. The molecule has 0 fully saturated rings. The minimum absolute atomic E-state index is 0.00425. The molecule has 0 bridgehead atoms. The van der Waals surface area contributed by atoms with Crippen LogP contribution in [0.2, 0.25) is 0 Å². The summed E-state index contributed by atoms with van der Waals surface area (Å²) in [7, 11) is -4.03. The summed E-state index contributed by atoms with van der Waals surface area (Å²) in [5.41, 5.74) is 6.18. The second-order valence-electron chi connectivity index (χ2n) is 8.84. The predicted molar refractivity (Wildman–Crippen MR) is 132 cm³/mol. The van der Waals surface area contributed by atoms with Gasteiger partial charge in [0.1, 0.15) is 12.4 Å². The highest BCUT2D eigenvalue weighted by Crippen LogP contribution is 2.34. The Kier molecular flexibility index (Phi) is 9.37. The highest BCUT2D eigenvalue weighted by molar-refractivity contribution is 7.89. The van der Waals surface area contributed by atoms with Crippen molar-refractivity contribution in [2.45, 2.75) is 37.3 Å². The van der Waals surface area contributed by atoms with Crippen LogP contribution in [0.3, 0.4) is 0 Å². The van der Waals surface area contributed by atoms with Crippen LogP contribution in [-0.2, 0) is 16.4 Å². The fourth-order valence-electron chi connectivity index (χ4n) is 3.79. The van der Waals surface area contributed by atoms with Gasteiger partial charge in [-0.1, -0.05) is 26.0 Å². The van der Waals surface area contributed by atoms with E-state index in [9.17, 15) is 23.4 Å². The Morgan fingerprint density at radius 1 is 1.14 bits per heavy atom. The number of hydrogen-bond acceptors (Lipinski definition) is 8. The number of nitrogens with two attached hydrogens (primary N) is 1. The number of amides is 1. The highest BCUT2D eigenvalue weighted by atomic mass is 32.2. The van der Waals surface area contributed by atoms with Crippen molar-refractivity contribution in [2.75, 3.05) is 33.0 Å². The van der Waals surface area contributed by atoms with Gasteiger partial charge in [-0.2, -0.15) is 4.31 Å². The summed E-state index contributed by atoms with van der Waals surface area (Å²) in [4.78, 5) is 11.5. The topological polar surface area (TPSA) is 161 Å². The van der Waals surface area contributed by atoms with E-state index in [1.807, 2.05) is 13.8 Å². The van der Waals surface area contributed by atoms with Crippen LogP contribution in [0.4, 0.5) is 4.79 Å². The minimum atomic E-state index is -4.03. The molecule has 2 aromatic carbocycles. The van der Waals surface area contributed by atoms with Crippen molar-refractivity contribution in [2.24, 2.45) is 11.7 Å². The number of sulfonamides is 1. The Hall–Kier alpha value is -3.06. The predicted octanol–water partition coefficient (Wildman–Crippen LogP) is 1.64. The maximum Gasteiger partial charge on any atom is 0.404 e. The average Bonchev–Trinajstić information content (AvgIpc) is 3.30. The third-order valence-electron chi connectivity index (χ3n) is 5.48. The number of aliphatic hydroxyl groups is 1. The van der Waals surface area contributed by atoms with Gasteiger partial charge in [-0.25, -0.2) is 13.2 Å². The number of benzene rings is 2. The van der Waals surface area contributed by atoms with Crippen molar-refractivity contribution in [1.82, 2.24) is 9.62 Å². The van der Waals surface area contributed by atoms with Gasteiger partial charge in [0.25, 0.3) is 0 Å². The van der Waals surface area contributed by atoms with Gasteiger partial charge in [0.15, 0.2) is 11.5 Å². The average molecular weight is 524 g/mol. The van der Waals surface area contributed by atoms with E-state index in [1.54, 1.807) is 24.3 Å². The number of carboxylic acid groups (broad SMARTS) is 1. The van der Waals surface area contributed by atoms with Crippen molar-refractivity contribution < 1.29 is 37.6 Å². The summed E-state index contributed by atoms with van der Waals surface area (Å²) in [5, 5.41) is 22.7. The van der Waals surface area contributed by atoms with Gasteiger partial charge in [-0.05, 0) is 42.2 Å². The van der Waals surface area contributed by atoms with Gasteiger partial charge in [0, 0.05) is 25.7 Å². The maximum absolute atomic E-state index is 13.5. The van der Waals surface area contributed by atoms with Gasteiger partial charge in [0.2, 0.25) is 16.8 Å². The Morgan fingerprint density at radius 2 is 1.83 bits per heavy atom. The summed E-state index contributed by atoms with van der Waals surface area (Å²) < 4.78 is 44.2. The molecule has 12 heteroatoms. The fraction of sp³-hybridized carbons (Fsp3) is 0.458. The quantitative estimate of drug-likeness (QED) is 0.306. The van der Waals surface area contributed by atoms with E-state index in [0.29, 0.717) is 30.4 Å². The normalized spacial score (nSPS) is 14.6. The molecule has 0 aliphatic carbocycles. The zero-order valence-corrected chi connectivity index (χ0v) is 21.1. The molecule has 0 saturated heterocycles. The highest BCUT2D eigenvalue weighted by Gasteiger charge is 2.32. The second-order valence-corrected chi connectivity index (χ2v) is 10.8. The lowest BCUT2D eigenvalue weighted by Crippen LogP contribution is -2.50. The first-order chi connectivity index (χ1) is 17.1. The molecule has 0 radical (unpaired) electrons. The van der Waals surface area contributed by atoms with Gasteiger partial charge >= 0.3 is 6.09 Å². The molecular weight excluding hydrogens is 490 g/mol. The SMILES string of the molecule is CC(C)CN(C[C@@H](O)[C@H](Cc1ccc(OCCN)cc1)NC(=O)O)S(=O)(=O)c1ccc2c(c1)OCO2. The maximum atomic E-state index is 13.5. The Bertz CT molecular complexity index is 1120. The van der Waals surface area contributed by atoms with E-state index in [2.05, 4.69) is 5.32 Å². The van der Waals surface area contributed by atoms with Gasteiger partial charge in [-0.3, -0.25) is 0 Å². The zero-order valence-electron chi connectivity index (χ0n) is 20.3. The lowest BCUT2D eigenvalue weighted by atomic mass is 10.0. The molecule has 0 saturated carbocycles. The molecule has 1 aliphatic rings.